The Hall–Kier alpha value is -1.62. The Kier molecular flexibility index (Phi) is 4.16. The number of fused-ring (bicyclic) bond motifs is 1. The maximum Gasteiger partial charge on any atom is 0.220 e. The summed E-state index contributed by atoms with van der Waals surface area (Å²) < 4.78 is 5.18. The van der Waals surface area contributed by atoms with Crippen molar-refractivity contribution >= 4 is 17.2 Å². The summed E-state index contributed by atoms with van der Waals surface area (Å²) in [6.07, 6.45) is 7.64. The van der Waals surface area contributed by atoms with E-state index >= 15 is 0 Å². The van der Waals surface area contributed by atoms with Crippen molar-refractivity contribution in [3.8, 4) is 0 Å². The summed E-state index contributed by atoms with van der Waals surface area (Å²) in [7, 11) is 0. The summed E-state index contributed by atoms with van der Waals surface area (Å²) in [5.41, 5.74) is 1.27. The van der Waals surface area contributed by atoms with Crippen LogP contribution in [0.5, 0.6) is 0 Å². The van der Waals surface area contributed by atoms with Crippen LogP contribution >= 0.6 is 11.3 Å². The summed E-state index contributed by atoms with van der Waals surface area (Å²) >= 11 is 1.78. The highest BCUT2D eigenvalue weighted by molar-refractivity contribution is 7.11. The highest BCUT2D eigenvalue weighted by Crippen LogP contribution is 2.27. The smallest absolute Gasteiger partial charge is 0.220 e. The number of thiazole rings is 1. The lowest BCUT2D eigenvalue weighted by Crippen LogP contribution is -2.22. The van der Waals surface area contributed by atoms with E-state index in [1.54, 1.807) is 17.6 Å². The molecule has 2 aromatic rings. The van der Waals surface area contributed by atoms with Gasteiger partial charge in [0, 0.05) is 17.7 Å². The zero-order valence-electron chi connectivity index (χ0n) is 11.4. The second kappa shape index (κ2) is 6.22. The number of carbonyl (C=O) groups is 1. The molecule has 0 radical (unpaired) electrons. The molecule has 20 heavy (non-hydrogen) atoms. The average molecular weight is 290 g/mol. The molecular weight excluding hydrogens is 272 g/mol. The SMILES string of the molecule is O=C(CCc1nc2c(s1)CCCC2)NCc1ccco1. The third-order valence-corrected chi connectivity index (χ3v) is 4.71. The molecule has 0 aromatic carbocycles. The number of aromatic nitrogens is 1. The van der Waals surface area contributed by atoms with Gasteiger partial charge in [-0.3, -0.25) is 4.79 Å². The molecule has 4 nitrogen and oxygen atoms in total. The number of carbonyl (C=O) groups excluding carboxylic acids is 1. The topological polar surface area (TPSA) is 55.1 Å². The predicted molar refractivity (Wildman–Crippen MR) is 77.6 cm³/mol. The van der Waals surface area contributed by atoms with Crippen LogP contribution in [0.1, 0.15) is 40.6 Å². The molecule has 1 N–H and O–H groups in total. The summed E-state index contributed by atoms with van der Waals surface area (Å²) in [4.78, 5) is 17.9. The minimum absolute atomic E-state index is 0.0505. The first-order valence-corrected chi connectivity index (χ1v) is 7.89. The van der Waals surface area contributed by atoms with Gasteiger partial charge in [-0.05, 0) is 37.8 Å². The second-order valence-electron chi connectivity index (χ2n) is 5.04. The third-order valence-electron chi connectivity index (χ3n) is 3.50. The van der Waals surface area contributed by atoms with Crippen molar-refractivity contribution in [3.63, 3.8) is 0 Å². The van der Waals surface area contributed by atoms with E-state index in [9.17, 15) is 4.79 Å². The van der Waals surface area contributed by atoms with Gasteiger partial charge in [-0.25, -0.2) is 4.98 Å². The van der Waals surface area contributed by atoms with Crippen molar-refractivity contribution in [2.45, 2.75) is 45.1 Å². The van der Waals surface area contributed by atoms with Gasteiger partial charge in [0.15, 0.2) is 0 Å². The standard InChI is InChI=1S/C15H18N2O2S/c18-14(16-10-11-4-3-9-19-11)7-8-15-17-12-5-1-2-6-13(12)20-15/h3-4,9H,1-2,5-8,10H2,(H,16,18). The van der Waals surface area contributed by atoms with E-state index in [0.717, 1.165) is 30.0 Å². The van der Waals surface area contributed by atoms with Crippen molar-refractivity contribution in [2.24, 2.45) is 0 Å². The lowest BCUT2D eigenvalue weighted by molar-refractivity contribution is -0.121. The molecule has 3 rings (SSSR count). The molecule has 0 fully saturated rings. The van der Waals surface area contributed by atoms with Crippen LogP contribution in [-0.2, 0) is 30.6 Å². The number of nitrogens with zero attached hydrogens (tertiary/aromatic N) is 1. The molecule has 0 unspecified atom stereocenters. The van der Waals surface area contributed by atoms with E-state index in [1.165, 1.54) is 23.4 Å². The largest absolute Gasteiger partial charge is 0.467 e. The number of nitrogens with one attached hydrogen (secondary N) is 1. The summed E-state index contributed by atoms with van der Waals surface area (Å²) in [5, 5.41) is 3.96. The fourth-order valence-electron chi connectivity index (χ4n) is 2.42. The number of rotatable bonds is 5. The molecule has 5 heteroatoms. The molecule has 1 aliphatic carbocycles. The Morgan fingerprint density at radius 2 is 2.30 bits per heavy atom. The number of furan rings is 1. The van der Waals surface area contributed by atoms with Crippen LogP contribution in [0.4, 0.5) is 0 Å². The fourth-order valence-corrected chi connectivity index (χ4v) is 3.58. The van der Waals surface area contributed by atoms with Gasteiger partial charge in [-0.15, -0.1) is 11.3 Å². The minimum Gasteiger partial charge on any atom is -0.467 e. The Morgan fingerprint density at radius 3 is 3.10 bits per heavy atom. The summed E-state index contributed by atoms with van der Waals surface area (Å²) in [5.74, 6) is 0.831. The van der Waals surface area contributed by atoms with Crippen molar-refractivity contribution < 1.29 is 9.21 Å². The molecule has 0 bridgehead atoms. The Bertz CT molecular complexity index is 551. The van der Waals surface area contributed by atoms with Gasteiger partial charge in [0.25, 0.3) is 0 Å². The average Bonchev–Trinajstić information content (AvgIpc) is 3.11. The minimum atomic E-state index is 0.0505. The van der Waals surface area contributed by atoms with Crippen LogP contribution in [0.2, 0.25) is 0 Å². The van der Waals surface area contributed by atoms with Gasteiger partial charge < -0.3 is 9.73 Å². The van der Waals surface area contributed by atoms with Gasteiger partial charge >= 0.3 is 0 Å². The number of hydrogen-bond donors (Lipinski definition) is 1. The van der Waals surface area contributed by atoms with Gasteiger partial charge in [-0.1, -0.05) is 0 Å². The summed E-state index contributed by atoms with van der Waals surface area (Å²) in [6, 6.07) is 3.68. The first kappa shape index (κ1) is 13.4. The fraction of sp³-hybridized carbons (Fsp3) is 0.467. The molecule has 1 amide bonds. The molecule has 0 saturated heterocycles. The molecular formula is C15H18N2O2S. The number of amides is 1. The Balaban J connectivity index is 1.46. The maximum atomic E-state index is 11.8. The van der Waals surface area contributed by atoms with Crippen LogP contribution < -0.4 is 5.32 Å². The van der Waals surface area contributed by atoms with Gasteiger partial charge in [0.2, 0.25) is 5.91 Å². The Morgan fingerprint density at radius 1 is 1.40 bits per heavy atom. The highest BCUT2D eigenvalue weighted by Gasteiger charge is 2.15. The van der Waals surface area contributed by atoms with Crippen molar-refractivity contribution in [1.82, 2.24) is 10.3 Å². The van der Waals surface area contributed by atoms with Crippen molar-refractivity contribution in [1.29, 1.82) is 0 Å². The lowest BCUT2D eigenvalue weighted by Gasteiger charge is -2.06. The molecule has 0 aliphatic heterocycles. The first-order chi connectivity index (χ1) is 9.81. The molecule has 0 spiro atoms. The van der Waals surface area contributed by atoms with E-state index in [0.29, 0.717) is 13.0 Å². The van der Waals surface area contributed by atoms with Crippen LogP contribution in [0.15, 0.2) is 22.8 Å². The van der Waals surface area contributed by atoms with Crippen molar-refractivity contribution in [3.05, 3.63) is 39.7 Å². The molecule has 2 aromatic heterocycles. The van der Waals surface area contributed by atoms with Gasteiger partial charge in [0.1, 0.15) is 5.76 Å². The normalized spacial score (nSPS) is 14.0. The van der Waals surface area contributed by atoms with E-state index in [1.807, 2.05) is 12.1 Å². The van der Waals surface area contributed by atoms with Crippen LogP contribution in [0.25, 0.3) is 0 Å². The number of aryl methyl sites for hydroxylation is 3. The lowest BCUT2D eigenvalue weighted by atomic mass is 10.0. The predicted octanol–water partition coefficient (Wildman–Crippen LogP) is 2.86. The first-order valence-electron chi connectivity index (χ1n) is 7.08. The van der Waals surface area contributed by atoms with Crippen LogP contribution in [0, 0.1) is 0 Å². The number of hydrogen-bond acceptors (Lipinski definition) is 4. The van der Waals surface area contributed by atoms with Crippen LogP contribution in [-0.4, -0.2) is 10.9 Å². The molecule has 1 aliphatic rings. The van der Waals surface area contributed by atoms with E-state index in [-0.39, 0.29) is 5.91 Å². The molecule has 0 atom stereocenters. The summed E-state index contributed by atoms with van der Waals surface area (Å²) in [6.45, 7) is 0.459. The molecule has 2 heterocycles. The molecule has 0 saturated carbocycles. The van der Waals surface area contributed by atoms with Crippen molar-refractivity contribution in [2.75, 3.05) is 0 Å². The highest BCUT2D eigenvalue weighted by atomic mass is 32.1. The van der Waals surface area contributed by atoms with Crippen LogP contribution in [0.3, 0.4) is 0 Å². The third kappa shape index (κ3) is 3.28. The van der Waals surface area contributed by atoms with E-state index in [2.05, 4.69) is 10.3 Å². The Labute approximate surface area is 122 Å². The van der Waals surface area contributed by atoms with Gasteiger partial charge in [0.05, 0.1) is 23.5 Å². The zero-order chi connectivity index (χ0) is 13.8. The second-order valence-corrected chi connectivity index (χ2v) is 6.21. The quantitative estimate of drug-likeness (QED) is 0.921. The monoisotopic (exact) mass is 290 g/mol. The van der Waals surface area contributed by atoms with E-state index < -0.39 is 0 Å². The zero-order valence-corrected chi connectivity index (χ0v) is 12.2. The van der Waals surface area contributed by atoms with Gasteiger partial charge in [-0.2, -0.15) is 0 Å². The van der Waals surface area contributed by atoms with E-state index in [4.69, 9.17) is 4.42 Å². The maximum absolute atomic E-state index is 11.8. The molecule has 106 valence electrons.